The van der Waals surface area contributed by atoms with Gasteiger partial charge >= 0.3 is 6.36 Å². The molecule has 0 fully saturated rings. The second-order valence-electron chi connectivity index (χ2n) is 4.43. The van der Waals surface area contributed by atoms with Gasteiger partial charge in [0.1, 0.15) is 5.75 Å². The third-order valence-corrected chi connectivity index (χ3v) is 3.98. The van der Waals surface area contributed by atoms with Crippen LogP contribution in [-0.2, 0) is 0 Å². The van der Waals surface area contributed by atoms with E-state index < -0.39 is 6.36 Å². The van der Waals surface area contributed by atoms with Crippen LogP contribution in [0, 0.1) is 0 Å². The van der Waals surface area contributed by atoms with E-state index in [0.29, 0.717) is 5.92 Å². The molecule has 0 unspecified atom stereocenters. The predicted molar refractivity (Wildman–Crippen MR) is 70.5 cm³/mol. The third kappa shape index (κ3) is 3.73. The van der Waals surface area contributed by atoms with E-state index in [9.17, 15) is 13.2 Å². The molecule has 19 heavy (non-hydrogen) atoms. The van der Waals surface area contributed by atoms with Crippen molar-refractivity contribution in [1.82, 2.24) is 0 Å². The lowest BCUT2D eigenvalue weighted by atomic mass is 10.1. The fourth-order valence-electron chi connectivity index (χ4n) is 1.66. The first kappa shape index (κ1) is 13.9. The zero-order valence-electron chi connectivity index (χ0n) is 10.5. The van der Waals surface area contributed by atoms with Crippen molar-refractivity contribution < 1.29 is 17.9 Å². The van der Waals surface area contributed by atoms with Gasteiger partial charge in [-0.15, -0.1) is 24.5 Å². The Labute approximate surface area is 113 Å². The summed E-state index contributed by atoms with van der Waals surface area (Å²) < 4.78 is 40.4. The molecule has 0 atom stereocenters. The minimum atomic E-state index is -4.66. The zero-order valence-corrected chi connectivity index (χ0v) is 11.3. The van der Waals surface area contributed by atoms with Crippen LogP contribution in [0.4, 0.5) is 13.2 Å². The molecule has 2 aromatic rings. The Kier molecular flexibility index (Phi) is 3.85. The van der Waals surface area contributed by atoms with Crippen LogP contribution in [0.15, 0.2) is 36.4 Å². The molecule has 1 aromatic carbocycles. The lowest BCUT2D eigenvalue weighted by Crippen LogP contribution is -2.17. The van der Waals surface area contributed by atoms with Crippen LogP contribution in [0.25, 0.3) is 10.4 Å². The molecule has 1 aromatic heterocycles. The zero-order chi connectivity index (χ0) is 14.0. The van der Waals surface area contributed by atoms with Gasteiger partial charge in [-0.1, -0.05) is 26.0 Å². The van der Waals surface area contributed by atoms with Gasteiger partial charge in [0.2, 0.25) is 0 Å². The van der Waals surface area contributed by atoms with Gasteiger partial charge in [-0.25, -0.2) is 0 Å². The van der Waals surface area contributed by atoms with Crippen LogP contribution < -0.4 is 4.74 Å². The number of hydrogen-bond acceptors (Lipinski definition) is 2. The van der Waals surface area contributed by atoms with Gasteiger partial charge in [-0.05, 0) is 35.7 Å². The molecule has 0 saturated carbocycles. The second kappa shape index (κ2) is 5.25. The summed E-state index contributed by atoms with van der Waals surface area (Å²) in [4.78, 5) is 2.15. The van der Waals surface area contributed by atoms with E-state index >= 15 is 0 Å². The fourth-order valence-corrected chi connectivity index (χ4v) is 2.67. The lowest BCUT2D eigenvalue weighted by Gasteiger charge is -2.09. The number of ether oxygens (including phenoxy) is 1. The van der Waals surface area contributed by atoms with Crippen LogP contribution in [-0.4, -0.2) is 6.36 Å². The molecule has 0 aliphatic carbocycles. The van der Waals surface area contributed by atoms with Crippen molar-refractivity contribution in [1.29, 1.82) is 0 Å². The number of hydrogen-bond donors (Lipinski definition) is 0. The predicted octanol–water partition coefficient (Wildman–Crippen LogP) is 5.44. The maximum absolute atomic E-state index is 12.2. The summed E-state index contributed by atoms with van der Waals surface area (Å²) >= 11 is 1.58. The Bertz CT molecular complexity index is 558. The smallest absolute Gasteiger partial charge is 0.406 e. The van der Waals surface area contributed by atoms with Crippen molar-refractivity contribution >= 4 is 11.3 Å². The van der Waals surface area contributed by atoms with Crippen molar-refractivity contribution in [3.05, 3.63) is 41.3 Å². The van der Waals surface area contributed by atoms with Crippen LogP contribution in [0.2, 0.25) is 0 Å². The Morgan fingerprint density at radius 2 is 1.84 bits per heavy atom. The average molecular weight is 286 g/mol. The molecule has 0 spiro atoms. The van der Waals surface area contributed by atoms with Gasteiger partial charge < -0.3 is 4.74 Å². The van der Waals surface area contributed by atoms with Gasteiger partial charge in [-0.2, -0.15) is 0 Å². The monoisotopic (exact) mass is 286 g/mol. The summed E-state index contributed by atoms with van der Waals surface area (Å²) in [7, 11) is 0. The lowest BCUT2D eigenvalue weighted by molar-refractivity contribution is -0.274. The Morgan fingerprint density at radius 3 is 2.42 bits per heavy atom. The summed E-state index contributed by atoms with van der Waals surface area (Å²) in [5.74, 6) is 0.220. The van der Waals surface area contributed by atoms with E-state index in [0.717, 1.165) is 10.4 Å². The van der Waals surface area contributed by atoms with Gasteiger partial charge in [-0.3, -0.25) is 0 Å². The molecule has 0 aliphatic heterocycles. The van der Waals surface area contributed by atoms with E-state index in [1.807, 2.05) is 12.1 Å². The van der Waals surface area contributed by atoms with Crippen molar-refractivity contribution in [2.24, 2.45) is 0 Å². The van der Waals surface area contributed by atoms with Crippen molar-refractivity contribution in [2.45, 2.75) is 26.1 Å². The molecule has 0 N–H and O–H groups in total. The first-order chi connectivity index (χ1) is 8.85. The number of alkyl halides is 3. The van der Waals surface area contributed by atoms with Crippen molar-refractivity contribution in [2.75, 3.05) is 0 Å². The summed E-state index contributed by atoms with van der Waals surface area (Å²) in [6.45, 7) is 4.16. The molecule has 5 heteroatoms. The number of rotatable bonds is 3. The standard InChI is InChI=1S/C14H13F3OS/c1-9(2)12-6-7-13(19-12)10-4-3-5-11(8-10)18-14(15,16)17/h3-9H,1-2H3. The van der Waals surface area contributed by atoms with Crippen LogP contribution in [0.1, 0.15) is 24.6 Å². The highest BCUT2D eigenvalue weighted by Crippen LogP contribution is 2.34. The Hall–Kier alpha value is -1.49. The summed E-state index contributed by atoms with van der Waals surface area (Å²) in [6.07, 6.45) is -4.66. The van der Waals surface area contributed by atoms with Crippen LogP contribution in [0.3, 0.4) is 0 Å². The molecule has 0 aliphatic rings. The van der Waals surface area contributed by atoms with Crippen molar-refractivity contribution in [3.63, 3.8) is 0 Å². The number of benzene rings is 1. The highest BCUT2D eigenvalue weighted by Gasteiger charge is 2.31. The molecule has 0 radical (unpaired) electrons. The van der Waals surface area contributed by atoms with E-state index in [1.165, 1.54) is 17.0 Å². The van der Waals surface area contributed by atoms with E-state index in [2.05, 4.69) is 18.6 Å². The SMILES string of the molecule is CC(C)c1ccc(-c2cccc(OC(F)(F)F)c2)s1. The maximum atomic E-state index is 12.2. The number of halogens is 3. The molecular formula is C14H13F3OS. The Balaban J connectivity index is 2.27. The largest absolute Gasteiger partial charge is 0.573 e. The topological polar surface area (TPSA) is 9.23 Å². The first-order valence-electron chi connectivity index (χ1n) is 5.81. The van der Waals surface area contributed by atoms with E-state index in [-0.39, 0.29) is 5.75 Å². The minimum absolute atomic E-state index is 0.190. The van der Waals surface area contributed by atoms with Crippen molar-refractivity contribution in [3.8, 4) is 16.2 Å². The van der Waals surface area contributed by atoms with E-state index in [1.54, 1.807) is 23.5 Å². The van der Waals surface area contributed by atoms with Gasteiger partial charge in [0.25, 0.3) is 0 Å². The molecule has 0 amide bonds. The van der Waals surface area contributed by atoms with Crippen LogP contribution >= 0.6 is 11.3 Å². The molecule has 2 rings (SSSR count). The molecule has 1 nitrogen and oxygen atoms in total. The highest BCUT2D eigenvalue weighted by atomic mass is 32.1. The van der Waals surface area contributed by atoms with Crippen LogP contribution in [0.5, 0.6) is 5.75 Å². The molecule has 102 valence electrons. The molecular weight excluding hydrogens is 273 g/mol. The van der Waals surface area contributed by atoms with Gasteiger partial charge in [0.05, 0.1) is 0 Å². The van der Waals surface area contributed by atoms with Gasteiger partial charge in [0.15, 0.2) is 0 Å². The first-order valence-corrected chi connectivity index (χ1v) is 6.63. The Morgan fingerprint density at radius 1 is 1.11 bits per heavy atom. The maximum Gasteiger partial charge on any atom is 0.573 e. The van der Waals surface area contributed by atoms with E-state index in [4.69, 9.17) is 0 Å². The summed E-state index contributed by atoms with van der Waals surface area (Å²) in [6, 6.07) is 9.97. The molecule has 0 saturated heterocycles. The van der Waals surface area contributed by atoms with Gasteiger partial charge in [0, 0.05) is 9.75 Å². The summed E-state index contributed by atoms with van der Waals surface area (Å²) in [5, 5.41) is 0. The molecule has 1 heterocycles. The molecule has 0 bridgehead atoms. The number of thiophene rings is 1. The normalized spacial score (nSPS) is 11.9. The highest BCUT2D eigenvalue weighted by molar-refractivity contribution is 7.15. The average Bonchev–Trinajstić information content (AvgIpc) is 2.76. The second-order valence-corrected chi connectivity index (χ2v) is 5.55. The summed E-state index contributed by atoms with van der Waals surface area (Å²) in [5.41, 5.74) is 0.735. The quantitative estimate of drug-likeness (QED) is 0.730. The fraction of sp³-hybridized carbons (Fsp3) is 0.286. The third-order valence-electron chi connectivity index (χ3n) is 2.55. The minimum Gasteiger partial charge on any atom is -0.406 e.